The minimum atomic E-state index is 0.677. The van der Waals surface area contributed by atoms with Gasteiger partial charge < -0.3 is 10.6 Å². The molecule has 0 aliphatic carbocycles. The molecule has 2 nitrogen and oxygen atoms in total. The topological polar surface area (TPSA) is 29.3 Å². The molecule has 0 aromatic carbocycles. The Labute approximate surface area is 95.2 Å². The van der Waals surface area contributed by atoms with E-state index in [-0.39, 0.29) is 0 Å². The standard InChI is InChI=1S/C13H28N2/c1-10(2)12-5-6-15(8-12)9-13(7-14)11(3)4/h10-13H,5-9,14H2,1-4H3. The van der Waals surface area contributed by atoms with E-state index >= 15 is 0 Å². The van der Waals surface area contributed by atoms with Gasteiger partial charge >= 0.3 is 0 Å². The van der Waals surface area contributed by atoms with E-state index < -0.39 is 0 Å². The summed E-state index contributed by atoms with van der Waals surface area (Å²) in [7, 11) is 0. The van der Waals surface area contributed by atoms with Crippen molar-refractivity contribution in [2.24, 2.45) is 29.4 Å². The summed E-state index contributed by atoms with van der Waals surface area (Å²) in [6, 6.07) is 0. The molecule has 0 amide bonds. The maximum absolute atomic E-state index is 5.82. The van der Waals surface area contributed by atoms with Gasteiger partial charge in [0, 0.05) is 13.1 Å². The van der Waals surface area contributed by atoms with Gasteiger partial charge in [-0.3, -0.25) is 0 Å². The summed E-state index contributed by atoms with van der Waals surface area (Å²) in [5.74, 6) is 3.14. The summed E-state index contributed by atoms with van der Waals surface area (Å²) in [6.45, 7) is 13.9. The van der Waals surface area contributed by atoms with Gasteiger partial charge in [0.05, 0.1) is 0 Å². The molecule has 2 unspecified atom stereocenters. The summed E-state index contributed by atoms with van der Waals surface area (Å²) >= 11 is 0. The molecule has 1 aliphatic heterocycles. The Hall–Kier alpha value is -0.0800. The Morgan fingerprint density at radius 1 is 1.27 bits per heavy atom. The predicted molar refractivity (Wildman–Crippen MR) is 66.8 cm³/mol. The van der Waals surface area contributed by atoms with E-state index in [1.54, 1.807) is 0 Å². The molecule has 1 saturated heterocycles. The molecule has 2 atom stereocenters. The maximum atomic E-state index is 5.82. The van der Waals surface area contributed by atoms with Crippen LogP contribution in [0.3, 0.4) is 0 Å². The molecule has 2 heteroatoms. The number of hydrogen-bond acceptors (Lipinski definition) is 2. The first kappa shape index (κ1) is 13.0. The van der Waals surface area contributed by atoms with Crippen LogP contribution >= 0.6 is 0 Å². The predicted octanol–water partition coefficient (Wildman–Crippen LogP) is 2.20. The average molecular weight is 212 g/mol. The van der Waals surface area contributed by atoms with Crippen LogP contribution in [0.2, 0.25) is 0 Å². The lowest BCUT2D eigenvalue weighted by Crippen LogP contribution is -2.34. The summed E-state index contributed by atoms with van der Waals surface area (Å²) in [5.41, 5.74) is 5.82. The third-order valence-corrected chi connectivity index (χ3v) is 3.99. The molecule has 1 fully saturated rings. The molecule has 15 heavy (non-hydrogen) atoms. The van der Waals surface area contributed by atoms with Crippen molar-refractivity contribution in [2.75, 3.05) is 26.2 Å². The van der Waals surface area contributed by atoms with Gasteiger partial charge in [0.25, 0.3) is 0 Å². The number of nitrogens with zero attached hydrogens (tertiary/aromatic N) is 1. The molecule has 0 aromatic rings. The van der Waals surface area contributed by atoms with Crippen LogP contribution < -0.4 is 5.73 Å². The fraction of sp³-hybridized carbons (Fsp3) is 1.00. The van der Waals surface area contributed by atoms with Crippen LogP contribution in [0.1, 0.15) is 34.1 Å². The van der Waals surface area contributed by atoms with Crippen molar-refractivity contribution >= 4 is 0 Å². The van der Waals surface area contributed by atoms with Gasteiger partial charge in [0.2, 0.25) is 0 Å². The Balaban J connectivity index is 2.34. The zero-order chi connectivity index (χ0) is 11.4. The SMILES string of the molecule is CC(C)C(CN)CN1CCC(C(C)C)C1. The van der Waals surface area contributed by atoms with Crippen LogP contribution in [-0.4, -0.2) is 31.1 Å². The molecular formula is C13H28N2. The van der Waals surface area contributed by atoms with E-state index in [0.717, 1.165) is 18.4 Å². The number of hydrogen-bond donors (Lipinski definition) is 1. The van der Waals surface area contributed by atoms with Crippen molar-refractivity contribution in [1.29, 1.82) is 0 Å². The van der Waals surface area contributed by atoms with Crippen molar-refractivity contribution in [3.8, 4) is 0 Å². The Morgan fingerprint density at radius 3 is 2.33 bits per heavy atom. The molecule has 0 radical (unpaired) electrons. The molecule has 0 spiro atoms. The van der Waals surface area contributed by atoms with E-state index in [4.69, 9.17) is 5.73 Å². The van der Waals surface area contributed by atoms with Gasteiger partial charge in [-0.15, -0.1) is 0 Å². The van der Waals surface area contributed by atoms with Gasteiger partial charge in [0.15, 0.2) is 0 Å². The normalized spacial score (nSPS) is 25.4. The molecule has 1 rings (SSSR count). The van der Waals surface area contributed by atoms with Gasteiger partial charge in [-0.2, -0.15) is 0 Å². The minimum absolute atomic E-state index is 0.677. The van der Waals surface area contributed by atoms with E-state index in [9.17, 15) is 0 Å². The summed E-state index contributed by atoms with van der Waals surface area (Å²) in [4.78, 5) is 2.61. The third kappa shape index (κ3) is 3.76. The lowest BCUT2D eigenvalue weighted by atomic mass is 9.94. The number of rotatable bonds is 5. The number of likely N-dealkylation sites (tertiary alicyclic amines) is 1. The molecular weight excluding hydrogens is 184 g/mol. The van der Waals surface area contributed by atoms with E-state index in [2.05, 4.69) is 32.6 Å². The molecule has 90 valence electrons. The lowest BCUT2D eigenvalue weighted by molar-refractivity contribution is 0.228. The molecule has 1 aliphatic rings. The first-order valence-corrected chi connectivity index (χ1v) is 6.47. The zero-order valence-electron chi connectivity index (χ0n) is 10.9. The smallest absolute Gasteiger partial charge is 0.00243 e. The van der Waals surface area contributed by atoms with E-state index in [0.29, 0.717) is 11.8 Å². The van der Waals surface area contributed by atoms with Gasteiger partial charge in [-0.25, -0.2) is 0 Å². The highest BCUT2D eigenvalue weighted by Crippen LogP contribution is 2.25. The molecule has 1 heterocycles. The van der Waals surface area contributed by atoms with Gasteiger partial charge in [-0.1, -0.05) is 27.7 Å². The van der Waals surface area contributed by atoms with Crippen molar-refractivity contribution in [2.45, 2.75) is 34.1 Å². The second-order valence-corrected chi connectivity index (χ2v) is 5.79. The van der Waals surface area contributed by atoms with Crippen LogP contribution in [0.4, 0.5) is 0 Å². The van der Waals surface area contributed by atoms with Crippen molar-refractivity contribution in [1.82, 2.24) is 4.90 Å². The Bertz CT molecular complexity index is 177. The highest BCUT2D eigenvalue weighted by molar-refractivity contribution is 4.80. The molecule has 0 bridgehead atoms. The first-order chi connectivity index (χ1) is 7.04. The summed E-state index contributed by atoms with van der Waals surface area (Å²) in [5, 5.41) is 0. The average Bonchev–Trinajstić information content (AvgIpc) is 2.61. The second-order valence-electron chi connectivity index (χ2n) is 5.79. The van der Waals surface area contributed by atoms with Crippen LogP contribution in [0.15, 0.2) is 0 Å². The van der Waals surface area contributed by atoms with Crippen LogP contribution in [-0.2, 0) is 0 Å². The largest absolute Gasteiger partial charge is 0.330 e. The zero-order valence-corrected chi connectivity index (χ0v) is 10.9. The van der Waals surface area contributed by atoms with E-state index in [1.165, 1.54) is 26.1 Å². The highest BCUT2D eigenvalue weighted by Gasteiger charge is 2.26. The summed E-state index contributed by atoms with van der Waals surface area (Å²) in [6.07, 6.45) is 1.38. The fourth-order valence-electron chi connectivity index (χ4n) is 2.46. The van der Waals surface area contributed by atoms with Gasteiger partial charge in [0.1, 0.15) is 0 Å². The monoisotopic (exact) mass is 212 g/mol. The van der Waals surface area contributed by atoms with Crippen molar-refractivity contribution in [3.63, 3.8) is 0 Å². The Morgan fingerprint density at radius 2 is 1.93 bits per heavy atom. The summed E-state index contributed by atoms with van der Waals surface area (Å²) < 4.78 is 0. The van der Waals surface area contributed by atoms with Crippen LogP contribution in [0, 0.1) is 23.7 Å². The van der Waals surface area contributed by atoms with Crippen LogP contribution in [0.5, 0.6) is 0 Å². The Kier molecular flexibility index (Phi) is 5.07. The van der Waals surface area contributed by atoms with Crippen molar-refractivity contribution < 1.29 is 0 Å². The molecule has 0 aromatic heterocycles. The van der Waals surface area contributed by atoms with E-state index in [1.807, 2.05) is 0 Å². The maximum Gasteiger partial charge on any atom is 0.00243 e. The molecule has 0 saturated carbocycles. The quantitative estimate of drug-likeness (QED) is 0.757. The lowest BCUT2D eigenvalue weighted by Gasteiger charge is -2.25. The van der Waals surface area contributed by atoms with Gasteiger partial charge in [-0.05, 0) is 43.2 Å². The second kappa shape index (κ2) is 5.86. The number of nitrogens with two attached hydrogens (primary N) is 1. The van der Waals surface area contributed by atoms with Crippen LogP contribution in [0.25, 0.3) is 0 Å². The molecule has 2 N–H and O–H groups in total. The third-order valence-electron chi connectivity index (χ3n) is 3.99. The van der Waals surface area contributed by atoms with Crippen molar-refractivity contribution in [3.05, 3.63) is 0 Å². The first-order valence-electron chi connectivity index (χ1n) is 6.47. The highest BCUT2D eigenvalue weighted by atomic mass is 15.1. The fourth-order valence-corrected chi connectivity index (χ4v) is 2.46. The minimum Gasteiger partial charge on any atom is -0.330 e.